The summed E-state index contributed by atoms with van der Waals surface area (Å²) in [6.07, 6.45) is 1.66. The lowest BCUT2D eigenvalue weighted by molar-refractivity contribution is -0.133. The number of aromatic nitrogens is 3. The van der Waals surface area contributed by atoms with E-state index in [4.69, 9.17) is 5.11 Å². The van der Waals surface area contributed by atoms with Gasteiger partial charge in [0.2, 0.25) is 0 Å². The topological polar surface area (TPSA) is 76.6 Å². The molecule has 2 rings (SSSR count). The van der Waals surface area contributed by atoms with Gasteiger partial charge in [-0.25, -0.2) is 9.48 Å². The zero-order valence-corrected chi connectivity index (χ0v) is 9.76. The Morgan fingerprint density at radius 1 is 1.47 bits per heavy atom. The van der Waals surface area contributed by atoms with Gasteiger partial charge in [-0.05, 0) is 12.1 Å². The molecule has 1 N–H and O–H groups in total. The van der Waals surface area contributed by atoms with Crippen LogP contribution in [0.15, 0.2) is 29.2 Å². The van der Waals surface area contributed by atoms with Crippen molar-refractivity contribution in [2.45, 2.75) is 6.54 Å². The van der Waals surface area contributed by atoms with Gasteiger partial charge in [0.25, 0.3) is 0 Å². The number of hydrogen-bond acceptors (Lipinski definition) is 4. The van der Waals surface area contributed by atoms with E-state index in [0.717, 1.165) is 0 Å². The molecule has 6 nitrogen and oxygen atoms in total. The first kappa shape index (κ1) is 11.7. The van der Waals surface area contributed by atoms with Crippen LogP contribution in [0, 0.1) is 0 Å². The van der Waals surface area contributed by atoms with Gasteiger partial charge in [0.1, 0.15) is 0 Å². The second kappa shape index (κ2) is 5.05. The van der Waals surface area contributed by atoms with Gasteiger partial charge in [-0.3, -0.25) is 9.20 Å². The van der Waals surface area contributed by atoms with Crippen LogP contribution in [0.25, 0.3) is 5.65 Å². The number of hydrogen-bond donors (Lipinski definition) is 1. The largest absolute Gasteiger partial charge is 0.481 e. The molecule has 90 valence electrons. The van der Waals surface area contributed by atoms with Crippen LogP contribution in [-0.4, -0.2) is 36.8 Å². The van der Waals surface area contributed by atoms with Gasteiger partial charge in [-0.1, -0.05) is 6.07 Å². The zero-order chi connectivity index (χ0) is 12.3. The standard InChI is InChI=1S/C10H11N3O3S/c14-9(15)7-17-6-5-13-10(16)12-4-2-1-3-8(12)11-13/h1-4H,5-7H2,(H,14,15). The van der Waals surface area contributed by atoms with E-state index in [1.54, 1.807) is 18.3 Å². The monoisotopic (exact) mass is 253 g/mol. The lowest BCUT2D eigenvalue weighted by Gasteiger charge is -1.97. The number of carbonyl (C=O) groups is 1. The van der Waals surface area contributed by atoms with E-state index in [1.165, 1.54) is 20.8 Å². The Balaban J connectivity index is 2.06. The third-order valence-electron chi connectivity index (χ3n) is 2.16. The quantitative estimate of drug-likeness (QED) is 0.776. The maximum atomic E-state index is 11.8. The van der Waals surface area contributed by atoms with Gasteiger partial charge in [0.15, 0.2) is 5.65 Å². The second-order valence-corrected chi connectivity index (χ2v) is 4.49. The first-order valence-corrected chi connectivity index (χ1v) is 6.17. The predicted octanol–water partition coefficient (Wildman–Crippen LogP) is 0.314. The van der Waals surface area contributed by atoms with Crippen molar-refractivity contribution >= 4 is 23.4 Å². The number of thioether (sulfide) groups is 1. The van der Waals surface area contributed by atoms with Crippen LogP contribution in [0.5, 0.6) is 0 Å². The normalized spacial score (nSPS) is 10.8. The fourth-order valence-corrected chi connectivity index (χ4v) is 2.05. The van der Waals surface area contributed by atoms with Gasteiger partial charge < -0.3 is 5.11 Å². The summed E-state index contributed by atoms with van der Waals surface area (Å²) in [5, 5.41) is 12.6. The lowest BCUT2D eigenvalue weighted by Crippen LogP contribution is -2.22. The minimum atomic E-state index is -0.850. The number of pyridine rings is 1. The van der Waals surface area contributed by atoms with Gasteiger partial charge >= 0.3 is 11.7 Å². The first-order chi connectivity index (χ1) is 8.18. The van der Waals surface area contributed by atoms with Gasteiger partial charge in [-0.15, -0.1) is 16.9 Å². The molecule has 0 atom stereocenters. The van der Waals surface area contributed by atoms with E-state index in [9.17, 15) is 9.59 Å². The number of carboxylic acids is 1. The molecule has 0 aliphatic rings. The van der Waals surface area contributed by atoms with Crippen molar-refractivity contribution in [2.75, 3.05) is 11.5 Å². The van der Waals surface area contributed by atoms with Crippen LogP contribution < -0.4 is 5.69 Å². The molecule has 0 saturated carbocycles. The molecule has 0 spiro atoms. The Hall–Kier alpha value is -1.76. The number of carboxylic acid groups (broad SMARTS) is 1. The average Bonchev–Trinajstić information content (AvgIpc) is 2.63. The summed E-state index contributed by atoms with van der Waals surface area (Å²) in [5.41, 5.74) is 0.400. The Labute approximate surface area is 101 Å². The molecule has 0 saturated heterocycles. The minimum Gasteiger partial charge on any atom is -0.481 e. The van der Waals surface area contributed by atoms with E-state index < -0.39 is 5.97 Å². The van der Waals surface area contributed by atoms with Crippen molar-refractivity contribution < 1.29 is 9.90 Å². The molecule has 17 heavy (non-hydrogen) atoms. The van der Waals surface area contributed by atoms with E-state index in [0.29, 0.717) is 17.9 Å². The van der Waals surface area contributed by atoms with E-state index in [1.807, 2.05) is 6.07 Å². The van der Waals surface area contributed by atoms with Crippen molar-refractivity contribution in [3.63, 3.8) is 0 Å². The third kappa shape index (κ3) is 2.68. The SMILES string of the molecule is O=C(O)CSCCn1nc2ccccn2c1=O. The summed E-state index contributed by atoms with van der Waals surface area (Å²) >= 11 is 1.27. The molecular formula is C10H11N3O3S. The number of aryl methyl sites for hydroxylation is 1. The molecule has 2 aromatic heterocycles. The van der Waals surface area contributed by atoms with Gasteiger partial charge in [0, 0.05) is 11.9 Å². The van der Waals surface area contributed by atoms with Crippen LogP contribution in [-0.2, 0) is 11.3 Å². The molecule has 0 aliphatic carbocycles. The molecule has 0 aliphatic heterocycles. The van der Waals surface area contributed by atoms with Crippen molar-refractivity contribution in [3.05, 3.63) is 34.9 Å². The lowest BCUT2D eigenvalue weighted by atomic mass is 10.5. The second-order valence-electron chi connectivity index (χ2n) is 3.38. The summed E-state index contributed by atoms with van der Waals surface area (Å²) in [6.45, 7) is 0.415. The summed E-state index contributed by atoms with van der Waals surface area (Å²) < 4.78 is 2.81. The van der Waals surface area contributed by atoms with Crippen LogP contribution in [0.2, 0.25) is 0 Å². The fourth-order valence-electron chi connectivity index (χ4n) is 1.42. The summed E-state index contributed by atoms with van der Waals surface area (Å²) in [5.74, 6) is -0.254. The third-order valence-corrected chi connectivity index (χ3v) is 3.08. The van der Waals surface area contributed by atoms with Crippen molar-refractivity contribution in [1.82, 2.24) is 14.2 Å². The maximum Gasteiger partial charge on any atom is 0.350 e. The van der Waals surface area contributed by atoms with Crippen molar-refractivity contribution in [1.29, 1.82) is 0 Å². The Bertz CT molecular complexity index is 590. The van der Waals surface area contributed by atoms with Crippen molar-refractivity contribution in [2.24, 2.45) is 0 Å². The van der Waals surface area contributed by atoms with E-state index >= 15 is 0 Å². The molecule has 0 amide bonds. The number of fused-ring (bicyclic) bond motifs is 1. The van der Waals surface area contributed by atoms with Crippen molar-refractivity contribution in [3.8, 4) is 0 Å². The highest BCUT2D eigenvalue weighted by atomic mass is 32.2. The van der Waals surface area contributed by atoms with E-state index in [2.05, 4.69) is 5.10 Å². The molecule has 2 aromatic rings. The summed E-state index contributed by atoms with van der Waals surface area (Å²) in [4.78, 5) is 22.1. The van der Waals surface area contributed by atoms with Crippen LogP contribution in [0.1, 0.15) is 0 Å². The average molecular weight is 253 g/mol. The smallest absolute Gasteiger partial charge is 0.350 e. The van der Waals surface area contributed by atoms with Crippen LogP contribution in [0.4, 0.5) is 0 Å². The fraction of sp³-hybridized carbons (Fsp3) is 0.300. The summed E-state index contributed by atoms with van der Waals surface area (Å²) in [6, 6.07) is 5.33. The molecule has 0 bridgehead atoms. The number of aliphatic carboxylic acids is 1. The highest BCUT2D eigenvalue weighted by Gasteiger charge is 2.05. The van der Waals surface area contributed by atoms with E-state index in [-0.39, 0.29) is 11.4 Å². The molecule has 0 unspecified atom stereocenters. The number of rotatable bonds is 5. The zero-order valence-electron chi connectivity index (χ0n) is 8.94. The van der Waals surface area contributed by atoms with Crippen LogP contribution >= 0.6 is 11.8 Å². The van der Waals surface area contributed by atoms with Gasteiger partial charge in [-0.2, -0.15) is 0 Å². The Morgan fingerprint density at radius 2 is 2.29 bits per heavy atom. The first-order valence-electron chi connectivity index (χ1n) is 5.02. The summed E-state index contributed by atoms with van der Waals surface area (Å²) in [7, 11) is 0. The molecular weight excluding hydrogens is 242 g/mol. The molecule has 2 heterocycles. The van der Waals surface area contributed by atoms with Gasteiger partial charge in [0.05, 0.1) is 12.3 Å². The molecule has 0 radical (unpaired) electrons. The maximum absolute atomic E-state index is 11.8. The highest BCUT2D eigenvalue weighted by molar-refractivity contribution is 7.99. The Kier molecular flexibility index (Phi) is 3.48. The predicted molar refractivity (Wildman–Crippen MR) is 64.4 cm³/mol. The molecule has 7 heteroatoms. The minimum absolute atomic E-state index is 0.0438. The molecule has 0 aromatic carbocycles. The molecule has 0 fully saturated rings. The highest BCUT2D eigenvalue weighted by Crippen LogP contribution is 2.01. The van der Waals surface area contributed by atoms with Crippen LogP contribution in [0.3, 0.4) is 0 Å². The Morgan fingerprint density at radius 3 is 3.00 bits per heavy atom. The number of nitrogens with zero attached hydrogens (tertiary/aromatic N) is 3.